The lowest BCUT2D eigenvalue weighted by atomic mass is 10.1. The molecule has 0 spiro atoms. The number of hydrogen-bond donors (Lipinski definition) is 3. The quantitative estimate of drug-likeness (QED) is 0.638. The SMILES string of the molecule is O=C1NC(=O)[C@H](C[C@@H]2CNC(=O)c3cc(Br)c(Br)n32)N1. The second-order valence-corrected chi connectivity index (χ2v) is 6.26. The van der Waals surface area contributed by atoms with Crippen LogP contribution >= 0.6 is 31.9 Å². The van der Waals surface area contributed by atoms with E-state index in [1.807, 2.05) is 4.57 Å². The molecular formula is C11H10Br2N4O3. The minimum absolute atomic E-state index is 0.113. The average Bonchev–Trinajstić information content (AvgIpc) is 2.86. The number of carbonyl (C=O) groups is 3. The zero-order valence-corrected chi connectivity index (χ0v) is 13.2. The van der Waals surface area contributed by atoms with Crippen LogP contribution in [0.25, 0.3) is 0 Å². The molecule has 7 nitrogen and oxygen atoms in total. The third kappa shape index (κ3) is 2.14. The fourth-order valence-corrected chi connectivity index (χ4v) is 3.48. The lowest BCUT2D eigenvalue weighted by Crippen LogP contribution is -2.42. The summed E-state index contributed by atoms with van der Waals surface area (Å²) in [5, 5.41) is 7.55. The van der Waals surface area contributed by atoms with E-state index in [-0.39, 0.29) is 17.9 Å². The first-order chi connectivity index (χ1) is 9.47. The lowest BCUT2D eigenvalue weighted by Gasteiger charge is -2.28. The molecule has 0 bridgehead atoms. The number of amides is 4. The molecule has 2 aliphatic heterocycles. The number of aromatic nitrogens is 1. The van der Waals surface area contributed by atoms with Crippen LogP contribution in [0.3, 0.4) is 0 Å². The molecule has 1 aromatic rings. The number of rotatable bonds is 2. The summed E-state index contributed by atoms with van der Waals surface area (Å²) in [7, 11) is 0. The van der Waals surface area contributed by atoms with Gasteiger partial charge in [-0.1, -0.05) is 0 Å². The van der Waals surface area contributed by atoms with Crippen LogP contribution in [0.2, 0.25) is 0 Å². The van der Waals surface area contributed by atoms with Crippen LogP contribution in [0.1, 0.15) is 23.0 Å². The first-order valence-electron chi connectivity index (χ1n) is 5.93. The molecule has 0 radical (unpaired) electrons. The Balaban J connectivity index is 1.89. The van der Waals surface area contributed by atoms with Gasteiger partial charge in [-0.15, -0.1) is 0 Å². The zero-order valence-electron chi connectivity index (χ0n) is 10.1. The third-order valence-electron chi connectivity index (χ3n) is 3.39. The Morgan fingerprint density at radius 1 is 1.30 bits per heavy atom. The van der Waals surface area contributed by atoms with Crippen LogP contribution in [0, 0.1) is 0 Å². The van der Waals surface area contributed by atoms with Crippen molar-refractivity contribution in [3.8, 4) is 0 Å². The number of urea groups is 1. The van der Waals surface area contributed by atoms with Crippen molar-refractivity contribution >= 4 is 49.7 Å². The van der Waals surface area contributed by atoms with Gasteiger partial charge in [-0.25, -0.2) is 4.79 Å². The van der Waals surface area contributed by atoms with Gasteiger partial charge in [0.25, 0.3) is 11.8 Å². The minimum Gasteiger partial charge on any atom is -0.349 e. The molecule has 3 rings (SSSR count). The maximum absolute atomic E-state index is 11.8. The Morgan fingerprint density at radius 3 is 2.70 bits per heavy atom. The standard InChI is InChI=1S/C11H10Br2N4O3/c12-5-2-7-10(19)14-3-4(17(7)8(5)13)1-6-9(18)16-11(20)15-6/h2,4,6H,1,3H2,(H,14,19)(H2,15,16,18,20)/t4-,6+/m1/s1. The molecule has 1 aromatic heterocycles. The summed E-state index contributed by atoms with van der Waals surface area (Å²) < 4.78 is 3.35. The minimum atomic E-state index is -0.580. The highest BCUT2D eigenvalue weighted by Crippen LogP contribution is 2.34. The van der Waals surface area contributed by atoms with E-state index in [9.17, 15) is 14.4 Å². The maximum Gasteiger partial charge on any atom is 0.322 e. The van der Waals surface area contributed by atoms with Crippen molar-refractivity contribution in [2.24, 2.45) is 0 Å². The van der Waals surface area contributed by atoms with E-state index in [0.717, 1.165) is 9.08 Å². The molecule has 9 heteroatoms. The highest BCUT2D eigenvalue weighted by Gasteiger charge is 2.35. The van der Waals surface area contributed by atoms with Gasteiger partial charge in [0.05, 0.1) is 15.1 Å². The molecular weight excluding hydrogens is 396 g/mol. The van der Waals surface area contributed by atoms with Crippen molar-refractivity contribution in [2.75, 3.05) is 6.54 Å². The predicted octanol–water partition coefficient (Wildman–Crippen LogP) is 0.896. The van der Waals surface area contributed by atoms with Gasteiger partial charge in [-0.05, 0) is 44.3 Å². The van der Waals surface area contributed by atoms with Gasteiger partial charge in [0.15, 0.2) is 0 Å². The average molecular weight is 406 g/mol. The molecule has 0 aliphatic carbocycles. The Labute approximate surface area is 130 Å². The van der Waals surface area contributed by atoms with Crippen molar-refractivity contribution in [1.29, 1.82) is 0 Å². The van der Waals surface area contributed by atoms with Gasteiger partial charge in [0.2, 0.25) is 0 Å². The largest absolute Gasteiger partial charge is 0.349 e. The van der Waals surface area contributed by atoms with Crippen LogP contribution in [-0.4, -0.2) is 35.0 Å². The van der Waals surface area contributed by atoms with Gasteiger partial charge in [0, 0.05) is 6.54 Å². The molecule has 106 valence electrons. The molecule has 0 saturated carbocycles. The second-order valence-electron chi connectivity index (χ2n) is 4.65. The molecule has 0 aromatic carbocycles. The van der Waals surface area contributed by atoms with Crippen molar-refractivity contribution in [3.63, 3.8) is 0 Å². The van der Waals surface area contributed by atoms with Gasteiger partial charge >= 0.3 is 6.03 Å². The number of fused-ring (bicyclic) bond motifs is 1. The number of imide groups is 1. The van der Waals surface area contributed by atoms with E-state index in [0.29, 0.717) is 18.7 Å². The van der Waals surface area contributed by atoms with Gasteiger partial charge < -0.3 is 15.2 Å². The number of nitrogens with one attached hydrogen (secondary N) is 3. The Morgan fingerprint density at radius 2 is 2.05 bits per heavy atom. The highest BCUT2D eigenvalue weighted by molar-refractivity contribution is 9.13. The van der Waals surface area contributed by atoms with Crippen LogP contribution < -0.4 is 16.0 Å². The van der Waals surface area contributed by atoms with Crippen molar-refractivity contribution < 1.29 is 14.4 Å². The smallest absolute Gasteiger partial charge is 0.322 e. The lowest BCUT2D eigenvalue weighted by molar-refractivity contribution is -0.120. The summed E-state index contributed by atoms with van der Waals surface area (Å²) in [5.41, 5.74) is 0.518. The maximum atomic E-state index is 11.8. The number of carbonyl (C=O) groups excluding carboxylic acids is 3. The van der Waals surface area contributed by atoms with E-state index in [2.05, 4.69) is 47.8 Å². The van der Waals surface area contributed by atoms with Crippen LogP contribution in [0.4, 0.5) is 4.79 Å². The molecule has 2 aliphatic rings. The zero-order chi connectivity index (χ0) is 14.4. The van der Waals surface area contributed by atoms with Gasteiger partial charge in [0.1, 0.15) is 11.7 Å². The molecule has 1 saturated heterocycles. The van der Waals surface area contributed by atoms with E-state index < -0.39 is 12.1 Å². The summed E-state index contributed by atoms with van der Waals surface area (Å²) in [4.78, 5) is 34.6. The first-order valence-corrected chi connectivity index (χ1v) is 7.51. The number of halogens is 2. The number of nitrogens with zero attached hydrogens (tertiary/aromatic N) is 1. The summed E-state index contributed by atoms with van der Waals surface area (Å²) in [6, 6.07) is 0.549. The molecule has 4 amide bonds. The topological polar surface area (TPSA) is 92.2 Å². The van der Waals surface area contributed by atoms with Crippen LogP contribution in [0.5, 0.6) is 0 Å². The molecule has 0 unspecified atom stereocenters. The Bertz CT molecular complexity index is 627. The van der Waals surface area contributed by atoms with Crippen molar-refractivity contribution in [1.82, 2.24) is 20.5 Å². The highest BCUT2D eigenvalue weighted by atomic mass is 79.9. The van der Waals surface area contributed by atoms with E-state index >= 15 is 0 Å². The van der Waals surface area contributed by atoms with E-state index in [1.54, 1.807) is 6.07 Å². The predicted molar refractivity (Wildman–Crippen MR) is 76.3 cm³/mol. The normalized spacial score (nSPS) is 25.0. The fourth-order valence-electron chi connectivity index (χ4n) is 2.48. The molecule has 2 atom stereocenters. The second kappa shape index (κ2) is 4.88. The summed E-state index contributed by atoms with van der Waals surface area (Å²) >= 11 is 6.80. The summed E-state index contributed by atoms with van der Waals surface area (Å²) in [5.74, 6) is -0.497. The summed E-state index contributed by atoms with van der Waals surface area (Å²) in [6.45, 7) is 0.408. The Hall–Kier alpha value is -1.35. The molecule has 20 heavy (non-hydrogen) atoms. The van der Waals surface area contributed by atoms with Gasteiger partial charge in [-0.2, -0.15) is 0 Å². The first kappa shape index (κ1) is 13.6. The molecule has 3 heterocycles. The third-order valence-corrected chi connectivity index (χ3v) is 5.34. The van der Waals surface area contributed by atoms with Gasteiger partial charge in [-0.3, -0.25) is 14.9 Å². The Kier molecular flexibility index (Phi) is 3.33. The molecule has 1 fully saturated rings. The van der Waals surface area contributed by atoms with Crippen LogP contribution in [-0.2, 0) is 4.79 Å². The van der Waals surface area contributed by atoms with Crippen molar-refractivity contribution in [2.45, 2.75) is 18.5 Å². The van der Waals surface area contributed by atoms with Crippen molar-refractivity contribution in [3.05, 3.63) is 20.8 Å². The van der Waals surface area contributed by atoms with E-state index in [4.69, 9.17) is 0 Å². The number of hydrogen-bond acceptors (Lipinski definition) is 3. The summed E-state index contributed by atoms with van der Waals surface area (Å²) in [6.07, 6.45) is 0.407. The fraction of sp³-hybridized carbons (Fsp3) is 0.364. The molecule has 3 N–H and O–H groups in total. The van der Waals surface area contributed by atoms with E-state index in [1.165, 1.54) is 0 Å². The monoisotopic (exact) mass is 404 g/mol. The van der Waals surface area contributed by atoms with Crippen LogP contribution in [0.15, 0.2) is 15.1 Å².